The summed E-state index contributed by atoms with van der Waals surface area (Å²) >= 11 is 0. The van der Waals surface area contributed by atoms with Crippen LogP contribution in [-0.4, -0.2) is 48.9 Å². The van der Waals surface area contributed by atoms with Crippen LogP contribution >= 0.6 is 0 Å². The average Bonchev–Trinajstić information content (AvgIpc) is 2.57. The zero-order valence-electron chi connectivity index (χ0n) is 11.5. The first-order valence-corrected chi connectivity index (χ1v) is 6.68. The Labute approximate surface area is 108 Å². The topological polar surface area (TPSA) is 61.4 Å². The lowest BCUT2D eigenvalue weighted by Crippen LogP contribution is -2.57. The van der Waals surface area contributed by atoms with Gasteiger partial charge in [0.15, 0.2) is 0 Å². The number of likely N-dealkylation sites (N-methyl/N-ethyl adjacent to an activating group) is 1. The van der Waals surface area contributed by atoms with Crippen molar-refractivity contribution in [3.05, 3.63) is 0 Å². The molecule has 5 heteroatoms. The van der Waals surface area contributed by atoms with Crippen LogP contribution in [0.1, 0.15) is 33.1 Å². The van der Waals surface area contributed by atoms with Gasteiger partial charge >= 0.3 is 0 Å². The summed E-state index contributed by atoms with van der Waals surface area (Å²) in [4.78, 5) is 25.4. The Morgan fingerprint density at radius 1 is 1.50 bits per heavy atom. The number of likely N-dealkylation sites (tertiary alicyclic amines) is 1. The lowest BCUT2D eigenvalue weighted by molar-refractivity contribution is -0.127. The molecule has 0 aromatic rings. The average molecular weight is 253 g/mol. The molecule has 2 aliphatic heterocycles. The Bertz CT molecular complexity index is 354. The predicted molar refractivity (Wildman–Crippen MR) is 69.0 cm³/mol. The van der Waals surface area contributed by atoms with Crippen molar-refractivity contribution in [2.45, 2.75) is 45.2 Å². The number of hydrogen-bond acceptors (Lipinski definition) is 3. The highest BCUT2D eigenvalue weighted by Crippen LogP contribution is 2.30. The molecule has 2 heterocycles. The van der Waals surface area contributed by atoms with Crippen LogP contribution in [0.15, 0.2) is 0 Å². The normalized spacial score (nSPS) is 31.5. The van der Waals surface area contributed by atoms with E-state index in [4.69, 9.17) is 0 Å². The van der Waals surface area contributed by atoms with E-state index in [-0.39, 0.29) is 29.3 Å². The number of rotatable bonds is 2. The number of nitrogens with one attached hydrogen (secondary N) is 2. The number of hydrogen-bond donors (Lipinski definition) is 2. The SMILES string of the molecule is CN1CC(NC(=O)C2NCCCC2(C)C)CC1=O. The van der Waals surface area contributed by atoms with Gasteiger partial charge in [0.1, 0.15) is 0 Å². The molecule has 0 spiro atoms. The maximum Gasteiger partial charge on any atom is 0.237 e. The summed E-state index contributed by atoms with van der Waals surface area (Å²) in [6.45, 7) is 5.76. The molecule has 102 valence electrons. The Balaban J connectivity index is 1.93. The first-order valence-electron chi connectivity index (χ1n) is 6.68. The van der Waals surface area contributed by atoms with Crippen molar-refractivity contribution < 1.29 is 9.59 Å². The molecular weight excluding hydrogens is 230 g/mol. The fourth-order valence-corrected chi connectivity index (χ4v) is 2.90. The Hall–Kier alpha value is -1.10. The van der Waals surface area contributed by atoms with Crippen LogP contribution < -0.4 is 10.6 Å². The van der Waals surface area contributed by atoms with Gasteiger partial charge in [0.2, 0.25) is 11.8 Å². The highest BCUT2D eigenvalue weighted by Gasteiger charge is 2.38. The molecule has 0 aliphatic carbocycles. The van der Waals surface area contributed by atoms with Crippen LogP contribution in [0, 0.1) is 5.41 Å². The zero-order chi connectivity index (χ0) is 13.3. The molecule has 5 nitrogen and oxygen atoms in total. The summed E-state index contributed by atoms with van der Waals surface area (Å²) in [6, 6.07) is -0.179. The molecule has 0 bridgehead atoms. The van der Waals surface area contributed by atoms with Crippen LogP contribution in [0.25, 0.3) is 0 Å². The van der Waals surface area contributed by atoms with Gasteiger partial charge in [-0.25, -0.2) is 0 Å². The number of carbonyl (C=O) groups excluding carboxylic acids is 2. The fraction of sp³-hybridized carbons (Fsp3) is 0.846. The highest BCUT2D eigenvalue weighted by molar-refractivity contribution is 5.85. The van der Waals surface area contributed by atoms with Crippen LogP contribution in [-0.2, 0) is 9.59 Å². The molecule has 2 aliphatic rings. The van der Waals surface area contributed by atoms with E-state index in [1.807, 2.05) is 0 Å². The minimum Gasteiger partial charge on any atom is -0.350 e. The molecule has 2 unspecified atom stereocenters. The number of amides is 2. The summed E-state index contributed by atoms with van der Waals surface area (Å²) in [5.41, 5.74) is -0.0170. The molecule has 18 heavy (non-hydrogen) atoms. The Morgan fingerprint density at radius 2 is 2.22 bits per heavy atom. The first-order chi connectivity index (χ1) is 8.40. The maximum absolute atomic E-state index is 12.3. The van der Waals surface area contributed by atoms with Gasteiger partial charge in [-0.15, -0.1) is 0 Å². The predicted octanol–water partition coefficient (Wildman–Crippen LogP) is 0.112. The third-order valence-electron chi connectivity index (χ3n) is 4.08. The molecule has 0 radical (unpaired) electrons. The van der Waals surface area contributed by atoms with Crippen LogP contribution in [0.3, 0.4) is 0 Å². The molecule has 2 rings (SSSR count). The summed E-state index contributed by atoms with van der Waals surface area (Å²) in [5, 5.41) is 6.30. The molecule has 0 aromatic carbocycles. The standard InChI is InChI=1S/C13H23N3O2/c1-13(2)5-4-6-14-11(13)12(18)15-9-7-10(17)16(3)8-9/h9,11,14H,4-8H2,1-3H3,(H,15,18). The molecule has 2 N–H and O–H groups in total. The fourth-order valence-electron chi connectivity index (χ4n) is 2.90. The zero-order valence-corrected chi connectivity index (χ0v) is 11.5. The van der Waals surface area contributed by atoms with Gasteiger partial charge in [-0.3, -0.25) is 9.59 Å². The van der Waals surface area contributed by atoms with Gasteiger partial charge in [-0.05, 0) is 24.8 Å². The van der Waals surface area contributed by atoms with Crippen LogP contribution in [0.5, 0.6) is 0 Å². The number of piperidine rings is 1. The summed E-state index contributed by atoms with van der Waals surface area (Å²) in [7, 11) is 1.78. The van der Waals surface area contributed by atoms with Crippen molar-refractivity contribution in [3.63, 3.8) is 0 Å². The van der Waals surface area contributed by atoms with E-state index in [1.54, 1.807) is 11.9 Å². The van der Waals surface area contributed by atoms with Gasteiger partial charge in [-0.2, -0.15) is 0 Å². The van der Waals surface area contributed by atoms with Crippen molar-refractivity contribution >= 4 is 11.8 Å². The van der Waals surface area contributed by atoms with Crippen LogP contribution in [0.2, 0.25) is 0 Å². The van der Waals surface area contributed by atoms with E-state index in [1.165, 1.54) is 0 Å². The van der Waals surface area contributed by atoms with Gasteiger partial charge in [-0.1, -0.05) is 13.8 Å². The van der Waals surface area contributed by atoms with Crippen molar-refractivity contribution in [1.29, 1.82) is 0 Å². The third-order valence-corrected chi connectivity index (χ3v) is 4.08. The van der Waals surface area contributed by atoms with Gasteiger partial charge in [0.05, 0.1) is 12.1 Å². The van der Waals surface area contributed by atoms with Gasteiger partial charge in [0.25, 0.3) is 0 Å². The van der Waals surface area contributed by atoms with Gasteiger partial charge in [0, 0.05) is 20.0 Å². The van der Waals surface area contributed by atoms with Crippen LogP contribution in [0.4, 0.5) is 0 Å². The summed E-state index contributed by atoms with van der Waals surface area (Å²) in [6.07, 6.45) is 2.60. The minimum atomic E-state index is -0.146. The van der Waals surface area contributed by atoms with Crippen molar-refractivity contribution in [2.75, 3.05) is 20.1 Å². The maximum atomic E-state index is 12.3. The second-order valence-electron chi connectivity index (χ2n) is 6.16. The van der Waals surface area contributed by atoms with Crippen molar-refractivity contribution in [3.8, 4) is 0 Å². The quantitative estimate of drug-likeness (QED) is 0.734. The van der Waals surface area contributed by atoms with Gasteiger partial charge < -0.3 is 15.5 Å². The molecule has 0 aromatic heterocycles. The van der Waals surface area contributed by atoms with E-state index in [2.05, 4.69) is 24.5 Å². The van der Waals surface area contributed by atoms with E-state index in [9.17, 15) is 9.59 Å². The smallest absolute Gasteiger partial charge is 0.237 e. The van der Waals surface area contributed by atoms with E-state index in [0.29, 0.717) is 13.0 Å². The van der Waals surface area contributed by atoms with Crippen molar-refractivity contribution in [2.24, 2.45) is 5.41 Å². The second-order valence-corrected chi connectivity index (χ2v) is 6.16. The van der Waals surface area contributed by atoms with Crippen molar-refractivity contribution in [1.82, 2.24) is 15.5 Å². The van der Waals surface area contributed by atoms with E-state index >= 15 is 0 Å². The molecular formula is C13H23N3O2. The number of nitrogens with zero attached hydrogens (tertiary/aromatic N) is 1. The van der Waals surface area contributed by atoms with E-state index in [0.717, 1.165) is 19.4 Å². The summed E-state index contributed by atoms with van der Waals surface area (Å²) < 4.78 is 0. The molecule has 2 fully saturated rings. The van der Waals surface area contributed by atoms with E-state index < -0.39 is 0 Å². The third kappa shape index (κ3) is 2.66. The Kier molecular flexibility index (Phi) is 3.61. The molecule has 0 saturated carbocycles. The largest absolute Gasteiger partial charge is 0.350 e. The second kappa shape index (κ2) is 4.88. The molecule has 2 saturated heterocycles. The lowest BCUT2D eigenvalue weighted by Gasteiger charge is -2.38. The minimum absolute atomic E-state index is 0.0170. The first kappa shape index (κ1) is 13.3. The molecule has 2 amide bonds. The summed E-state index contributed by atoms with van der Waals surface area (Å²) in [5.74, 6) is 0.143. The monoisotopic (exact) mass is 253 g/mol. The molecule has 2 atom stereocenters. The number of carbonyl (C=O) groups is 2. The Morgan fingerprint density at radius 3 is 2.78 bits per heavy atom. The lowest BCUT2D eigenvalue weighted by atomic mass is 9.77. The highest BCUT2D eigenvalue weighted by atomic mass is 16.2.